The number of para-hydroxylation sites is 1. The first-order chi connectivity index (χ1) is 10.6. The van der Waals surface area contributed by atoms with E-state index in [1.54, 1.807) is 10.9 Å². The number of H-pyrrole nitrogens is 1. The van der Waals surface area contributed by atoms with Crippen molar-refractivity contribution >= 4 is 18.4 Å². The molecule has 3 rings (SSSR count). The Morgan fingerprint density at radius 1 is 1.18 bits per heavy atom. The van der Waals surface area contributed by atoms with Crippen molar-refractivity contribution < 1.29 is 0 Å². The molecule has 0 spiro atoms. The lowest BCUT2D eigenvalue weighted by atomic mass is 10.2. The van der Waals surface area contributed by atoms with Gasteiger partial charge in [0.1, 0.15) is 5.82 Å². The van der Waals surface area contributed by atoms with Gasteiger partial charge in [-0.1, -0.05) is 18.2 Å². The van der Waals surface area contributed by atoms with Crippen LogP contribution in [0.4, 0.5) is 0 Å². The molecule has 0 aliphatic carbocycles. The lowest BCUT2D eigenvalue weighted by molar-refractivity contribution is 0.820. The quantitative estimate of drug-likeness (QED) is 0.597. The number of aryl methyl sites for hydroxylation is 2. The van der Waals surface area contributed by atoms with Gasteiger partial charge in [-0.15, -0.1) is 0 Å². The van der Waals surface area contributed by atoms with Crippen molar-refractivity contribution in [1.29, 1.82) is 0 Å². The standard InChI is InChI=1S/C15H16N6S/c1-10-14(9-16-21-12(3)17-18-15(21)22)11(2)20(19-10)13-7-5-4-6-8-13/h4-9H,1-3H3,(H,18,22)/b16-9+. The minimum absolute atomic E-state index is 0.472. The van der Waals surface area contributed by atoms with Gasteiger partial charge < -0.3 is 0 Å². The van der Waals surface area contributed by atoms with E-state index in [2.05, 4.69) is 20.4 Å². The molecule has 0 unspecified atom stereocenters. The van der Waals surface area contributed by atoms with Crippen LogP contribution in [0.1, 0.15) is 22.8 Å². The van der Waals surface area contributed by atoms with Crippen LogP contribution >= 0.6 is 12.2 Å². The molecule has 0 radical (unpaired) electrons. The van der Waals surface area contributed by atoms with Crippen molar-refractivity contribution in [2.24, 2.45) is 5.10 Å². The van der Waals surface area contributed by atoms with Crippen molar-refractivity contribution in [1.82, 2.24) is 24.7 Å². The second kappa shape index (κ2) is 5.69. The molecule has 2 heterocycles. The van der Waals surface area contributed by atoms with Crippen LogP contribution in [0.15, 0.2) is 35.4 Å². The molecule has 1 N–H and O–H groups in total. The first-order valence-electron chi connectivity index (χ1n) is 6.88. The van der Waals surface area contributed by atoms with E-state index in [1.807, 2.05) is 55.8 Å². The third-order valence-corrected chi connectivity index (χ3v) is 3.73. The maximum absolute atomic E-state index is 5.15. The summed E-state index contributed by atoms with van der Waals surface area (Å²) in [5.41, 5.74) is 3.95. The SMILES string of the molecule is Cc1nn(-c2ccccc2)c(C)c1/C=N/n1c(C)n[nH]c1=S. The fourth-order valence-corrected chi connectivity index (χ4v) is 2.51. The van der Waals surface area contributed by atoms with E-state index in [1.165, 1.54) is 0 Å². The molecule has 3 aromatic rings. The molecule has 6 nitrogen and oxygen atoms in total. The maximum atomic E-state index is 5.15. The number of aromatic nitrogens is 5. The van der Waals surface area contributed by atoms with Crippen molar-refractivity contribution in [3.63, 3.8) is 0 Å². The molecule has 22 heavy (non-hydrogen) atoms. The summed E-state index contributed by atoms with van der Waals surface area (Å²) in [5, 5.41) is 15.7. The normalized spacial score (nSPS) is 11.4. The third kappa shape index (κ3) is 2.50. The average molecular weight is 312 g/mol. The van der Waals surface area contributed by atoms with E-state index in [0.717, 1.165) is 22.6 Å². The van der Waals surface area contributed by atoms with E-state index in [4.69, 9.17) is 12.2 Å². The summed E-state index contributed by atoms with van der Waals surface area (Å²) in [6.07, 6.45) is 1.77. The van der Waals surface area contributed by atoms with E-state index >= 15 is 0 Å². The van der Waals surface area contributed by atoms with Crippen molar-refractivity contribution in [3.05, 3.63) is 57.9 Å². The average Bonchev–Trinajstić information content (AvgIpc) is 2.99. The van der Waals surface area contributed by atoms with Crippen molar-refractivity contribution in [2.75, 3.05) is 0 Å². The Bertz CT molecular complexity index is 885. The van der Waals surface area contributed by atoms with Crippen LogP contribution in [0.5, 0.6) is 0 Å². The Morgan fingerprint density at radius 3 is 2.55 bits per heavy atom. The van der Waals surface area contributed by atoms with E-state index < -0.39 is 0 Å². The Labute approximate surface area is 133 Å². The number of aromatic amines is 1. The summed E-state index contributed by atoms with van der Waals surface area (Å²) in [6.45, 7) is 5.84. The highest BCUT2D eigenvalue weighted by Crippen LogP contribution is 2.16. The molecule has 0 saturated carbocycles. The first-order valence-corrected chi connectivity index (χ1v) is 7.29. The Kier molecular flexibility index (Phi) is 3.72. The molecular formula is C15H16N6S. The Hall–Kier alpha value is -2.54. The first kappa shape index (κ1) is 14.4. The molecule has 112 valence electrons. The number of nitrogens with zero attached hydrogens (tertiary/aromatic N) is 5. The van der Waals surface area contributed by atoms with Gasteiger partial charge in [0.25, 0.3) is 0 Å². The fourth-order valence-electron chi connectivity index (χ4n) is 2.28. The van der Waals surface area contributed by atoms with Crippen LogP contribution in [0.3, 0.4) is 0 Å². The molecule has 0 saturated heterocycles. The second-order valence-electron chi connectivity index (χ2n) is 4.96. The molecule has 0 aliphatic heterocycles. The zero-order valence-corrected chi connectivity index (χ0v) is 13.4. The maximum Gasteiger partial charge on any atom is 0.216 e. The summed E-state index contributed by atoms with van der Waals surface area (Å²) in [4.78, 5) is 0. The summed E-state index contributed by atoms with van der Waals surface area (Å²) in [6, 6.07) is 10.0. The second-order valence-corrected chi connectivity index (χ2v) is 5.35. The van der Waals surface area contributed by atoms with Gasteiger partial charge in [0.15, 0.2) is 0 Å². The molecule has 0 fully saturated rings. The predicted molar refractivity (Wildman–Crippen MR) is 88.2 cm³/mol. The summed E-state index contributed by atoms with van der Waals surface area (Å²) in [7, 11) is 0. The molecule has 0 amide bonds. The van der Waals surface area contributed by atoms with Crippen LogP contribution in [0, 0.1) is 25.5 Å². The van der Waals surface area contributed by atoms with Gasteiger partial charge in [-0.05, 0) is 45.1 Å². The molecular weight excluding hydrogens is 296 g/mol. The third-order valence-electron chi connectivity index (χ3n) is 3.46. The zero-order chi connectivity index (χ0) is 15.7. The van der Waals surface area contributed by atoms with Gasteiger partial charge in [-0.2, -0.15) is 20.0 Å². The van der Waals surface area contributed by atoms with E-state index in [9.17, 15) is 0 Å². The van der Waals surface area contributed by atoms with Crippen molar-refractivity contribution in [2.45, 2.75) is 20.8 Å². The number of hydrogen-bond donors (Lipinski definition) is 1. The molecule has 7 heteroatoms. The van der Waals surface area contributed by atoms with Gasteiger partial charge in [-0.3, -0.25) is 5.10 Å². The minimum Gasteiger partial charge on any atom is -0.250 e. The van der Waals surface area contributed by atoms with Gasteiger partial charge in [0.2, 0.25) is 4.77 Å². The highest BCUT2D eigenvalue weighted by atomic mass is 32.1. The summed E-state index contributed by atoms with van der Waals surface area (Å²) < 4.78 is 3.98. The van der Waals surface area contributed by atoms with Crippen LogP contribution in [-0.4, -0.2) is 30.9 Å². The number of hydrogen-bond acceptors (Lipinski definition) is 4. The van der Waals surface area contributed by atoms with Crippen LogP contribution in [0.2, 0.25) is 0 Å². The molecule has 1 aromatic carbocycles. The topological polar surface area (TPSA) is 63.8 Å². The van der Waals surface area contributed by atoms with E-state index in [0.29, 0.717) is 10.6 Å². The zero-order valence-electron chi connectivity index (χ0n) is 12.6. The fraction of sp³-hybridized carbons (Fsp3) is 0.200. The predicted octanol–water partition coefficient (Wildman–Crippen LogP) is 2.93. The molecule has 0 bridgehead atoms. The molecule has 0 atom stereocenters. The van der Waals surface area contributed by atoms with Crippen LogP contribution < -0.4 is 0 Å². The highest BCUT2D eigenvalue weighted by Gasteiger charge is 2.11. The molecule has 2 aromatic heterocycles. The monoisotopic (exact) mass is 312 g/mol. The number of benzene rings is 1. The Morgan fingerprint density at radius 2 is 1.91 bits per heavy atom. The van der Waals surface area contributed by atoms with E-state index in [-0.39, 0.29) is 0 Å². The number of rotatable bonds is 3. The van der Waals surface area contributed by atoms with Gasteiger partial charge >= 0.3 is 0 Å². The summed E-state index contributed by atoms with van der Waals surface area (Å²) in [5.74, 6) is 0.715. The smallest absolute Gasteiger partial charge is 0.216 e. The Balaban J connectivity index is 2.03. The van der Waals surface area contributed by atoms with Crippen LogP contribution in [-0.2, 0) is 0 Å². The highest BCUT2D eigenvalue weighted by molar-refractivity contribution is 7.71. The van der Waals surface area contributed by atoms with Crippen molar-refractivity contribution in [3.8, 4) is 5.69 Å². The lowest BCUT2D eigenvalue weighted by Crippen LogP contribution is -1.99. The van der Waals surface area contributed by atoms with Gasteiger partial charge in [-0.25, -0.2) is 4.68 Å². The number of nitrogens with one attached hydrogen (secondary N) is 1. The van der Waals surface area contributed by atoms with Gasteiger partial charge in [0.05, 0.1) is 23.3 Å². The van der Waals surface area contributed by atoms with Crippen LogP contribution in [0.25, 0.3) is 5.69 Å². The lowest BCUT2D eigenvalue weighted by Gasteiger charge is -2.03. The summed E-state index contributed by atoms with van der Waals surface area (Å²) >= 11 is 5.15. The van der Waals surface area contributed by atoms with Gasteiger partial charge in [0, 0.05) is 5.56 Å². The molecule has 0 aliphatic rings. The largest absolute Gasteiger partial charge is 0.250 e. The minimum atomic E-state index is 0.472.